The van der Waals surface area contributed by atoms with Gasteiger partial charge in [-0.3, -0.25) is 4.98 Å². The average molecular weight is 374 g/mol. The van der Waals surface area contributed by atoms with Gasteiger partial charge in [0.25, 0.3) is 0 Å². The number of fused-ring (bicyclic) bond motifs is 1. The fourth-order valence-corrected chi connectivity index (χ4v) is 2.81. The summed E-state index contributed by atoms with van der Waals surface area (Å²) in [6.45, 7) is 0.563. The predicted octanol–water partition coefficient (Wildman–Crippen LogP) is 2.87. The molecule has 92 valence electrons. The summed E-state index contributed by atoms with van der Waals surface area (Å²) < 4.78 is 16.0. The molecular weight excluding hydrogens is 366 g/mol. The number of aromatic nitrogens is 3. The van der Waals surface area contributed by atoms with Crippen LogP contribution in [0.15, 0.2) is 23.8 Å². The standard InChI is InChI=1S/C11H8FIN4S/c12-7-1-10-9(2-8(7)13)16-11(14)17(10)4-6-3-15-5-18-6/h1-3,5H,4H2,(H2,14,16). The van der Waals surface area contributed by atoms with E-state index in [-0.39, 0.29) is 5.82 Å². The molecular formula is C11H8FIN4S. The molecule has 0 saturated heterocycles. The van der Waals surface area contributed by atoms with E-state index in [1.54, 1.807) is 22.3 Å². The number of imidazole rings is 1. The number of thiazole rings is 1. The molecule has 2 N–H and O–H groups in total. The Bertz CT molecular complexity index is 707. The SMILES string of the molecule is Nc1nc2cc(I)c(F)cc2n1Cc1cncs1. The molecule has 0 aliphatic heterocycles. The summed E-state index contributed by atoms with van der Waals surface area (Å²) in [5.74, 6) is 0.133. The Morgan fingerprint density at radius 3 is 3.00 bits per heavy atom. The third-order valence-corrected chi connectivity index (χ3v) is 4.21. The monoisotopic (exact) mass is 374 g/mol. The summed E-state index contributed by atoms with van der Waals surface area (Å²) >= 11 is 3.48. The van der Waals surface area contributed by atoms with Gasteiger partial charge in [0.15, 0.2) is 0 Å². The van der Waals surface area contributed by atoms with E-state index in [0.717, 1.165) is 4.88 Å². The lowest BCUT2D eigenvalue weighted by Crippen LogP contribution is -2.03. The molecule has 18 heavy (non-hydrogen) atoms. The van der Waals surface area contributed by atoms with Gasteiger partial charge < -0.3 is 10.3 Å². The zero-order valence-corrected chi connectivity index (χ0v) is 12.1. The maximum Gasteiger partial charge on any atom is 0.201 e. The first-order valence-corrected chi connectivity index (χ1v) is 7.09. The summed E-state index contributed by atoms with van der Waals surface area (Å²) in [4.78, 5) is 9.32. The van der Waals surface area contributed by atoms with Crippen molar-refractivity contribution in [1.29, 1.82) is 0 Å². The number of nitrogens with two attached hydrogens (primary N) is 1. The van der Waals surface area contributed by atoms with Crippen molar-refractivity contribution in [3.63, 3.8) is 0 Å². The summed E-state index contributed by atoms with van der Waals surface area (Å²) in [5.41, 5.74) is 9.06. The van der Waals surface area contributed by atoms with Gasteiger partial charge in [-0.25, -0.2) is 9.37 Å². The van der Waals surface area contributed by atoms with Gasteiger partial charge in [0.05, 0.1) is 26.7 Å². The molecule has 2 aromatic heterocycles. The number of hydrogen-bond donors (Lipinski definition) is 1. The molecule has 0 aliphatic rings. The fourth-order valence-electron chi connectivity index (χ4n) is 1.78. The highest BCUT2D eigenvalue weighted by atomic mass is 127. The molecule has 0 spiro atoms. The molecule has 0 amide bonds. The second-order valence-electron chi connectivity index (χ2n) is 3.78. The number of nitrogens with zero attached hydrogens (tertiary/aromatic N) is 3. The molecule has 0 saturated carbocycles. The molecule has 7 heteroatoms. The minimum atomic E-state index is -0.256. The van der Waals surface area contributed by atoms with Crippen LogP contribution in [0.5, 0.6) is 0 Å². The van der Waals surface area contributed by atoms with E-state index in [9.17, 15) is 4.39 Å². The summed E-state index contributed by atoms with van der Waals surface area (Å²) in [6.07, 6.45) is 1.78. The van der Waals surface area contributed by atoms with Crippen molar-refractivity contribution < 1.29 is 4.39 Å². The van der Waals surface area contributed by atoms with Crippen LogP contribution in [0, 0.1) is 9.39 Å². The Morgan fingerprint density at radius 1 is 1.44 bits per heavy atom. The number of nitrogen functional groups attached to an aromatic ring is 1. The van der Waals surface area contributed by atoms with Crippen LogP contribution in [0.2, 0.25) is 0 Å². The topological polar surface area (TPSA) is 56.7 Å². The van der Waals surface area contributed by atoms with Gasteiger partial charge in [-0.15, -0.1) is 11.3 Å². The molecule has 1 aromatic carbocycles. The summed E-state index contributed by atoms with van der Waals surface area (Å²) in [7, 11) is 0. The van der Waals surface area contributed by atoms with Gasteiger partial charge >= 0.3 is 0 Å². The lowest BCUT2D eigenvalue weighted by Gasteiger charge is -2.04. The second-order valence-corrected chi connectivity index (χ2v) is 5.91. The van der Waals surface area contributed by atoms with Crippen LogP contribution in [0.4, 0.5) is 10.3 Å². The molecule has 3 aromatic rings. The Balaban J connectivity index is 2.16. The van der Waals surface area contributed by atoms with E-state index in [1.807, 2.05) is 22.6 Å². The predicted molar refractivity (Wildman–Crippen MR) is 78.0 cm³/mol. The quantitative estimate of drug-likeness (QED) is 0.702. The maximum absolute atomic E-state index is 13.6. The first-order valence-electron chi connectivity index (χ1n) is 5.13. The Morgan fingerprint density at radius 2 is 2.28 bits per heavy atom. The van der Waals surface area contributed by atoms with Crippen molar-refractivity contribution in [2.24, 2.45) is 0 Å². The van der Waals surface area contributed by atoms with Crippen molar-refractivity contribution in [1.82, 2.24) is 14.5 Å². The van der Waals surface area contributed by atoms with Crippen molar-refractivity contribution in [2.75, 3.05) is 5.73 Å². The Kier molecular flexibility index (Phi) is 2.94. The molecule has 4 nitrogen and oxygen atoms in total. The number of benzene rings is 1. The third kappa shape index (κ3) is 1.97. The van der Waals surface area contributed by atoms with Gasteiger partial charge in [-0.05, 0) is 28.7 Å². The van der Waals surface area contributed by atoms with Crippen LogP contribution < -0.4 is 5.73 Å². The highest BCUT2D eigenvalue weighted by Crippen LogP contribution is 2.24. The Hall–Kier alpha value is -1.22. The number of anilines is 1. The molecule has 0 fully saturated rings. The zero-order valence-electron chi connectivity index (χ0n) is 9.10. The third-order valence-electron chi connectivity index (χ3n) is 2.62. The van der Waals surface area contributed by atoms with E-state index in [1.165, 1.54) is 17.4 Å². The largest absolute Gasteiger partial charge is 0.369 e. The van der Waals surface area contributed by atoms with Crippen LogP contribution in [0.3, 0.4) is 0 Å². The van der Waals surface area contributed by atoms with E-state index < -0.39 is 0 Å². The van der Waals surface area contributed by atoms with Gasteiger partial charge in [-0.1, -0.05) is 0 Å². The summed E-state index contributed by atoms with van der Waals surface area (Å²) in [6, 6.07) is 3.17. The molecule has 0 atom stereocenters. The minimum Gasteiger partial charge on any atom is -0.369 e. The van der Waals surface area contributed by atoms with Crippen LogP contribution >= 0.6 is 33.9 Å². The number of hydrogen-bond acceptors (Lipinski definition) is 4. The molecule has 0 unspecified atom stereocenters. The van der Waals surface area contributed by atoms with E-state index in [4.69, 9.17) is 5.73 Å². The van der Waals surface area contributed by atoms with E-state index in [2.05, 4.69) is 9.97 Å². The highest BCUT2D eigenvalue weighted by Gasteiger charge is 2.12. The van der Waals surface area contributed by atoms with Crippen LogP contribution in [-0.2, 0) is 6.54 Å². The molecule has 3 rings (SSSR count). The first kappa shape index (κ1) is 11.8. The molecule has 0 bridgehead atoms. The van der Waals surface area contributed by atoms with Crippen molar-refractivity contribution in [2.45, 2.75) is 6.54 Å². The van der Waals surface area contributed by atoms with Gasteiger partial charge in [-0.2, -0.15) is 0 Å². The first-order chi connectivity index (χ1) is 8.65. The van der Waals surface area contributed by atoms with Gasteiger partial charge in [0.2, 0.25) is 5.95 Å². The maximum atomic E-state index is 13.6. The lowest BCUT2D eigenvalue weighted by molar-refractivity contribution is 0.621. The van der Waals surface area contributed by atoms with Gasteiger partial charge in [0, 0.05) is 17.1 Å². The van der Waals surface area contributed by atoms with Crippen LogP contribution in [0.25, 0.3) is 11.0 Å². The normalized spacial score (nSPS) is 11.2. The average Bonchev–Trinajstić information content (AvgIpc) is 2.92. The van der Waals surface area contributed by atoms with Crippen molar-refractivity contribution in [3.05, 3.63) is 38.1 Å². The fraction of sp³-hybridized carbons (Fsp3) is 0.0909. The second kappa shape index (κ2) is 4.47. The van der Waals surface area contributed by atoms with Crippen molar-refractivity contribution >= 4 is 50.9 Å². The Labute approximate surface area is 120 Å². The van der Waals surface area contributed by atoms with Crippen LogP contribution in [-0.4, -0.2) is 14.5 Å². The number of halogens is 2. The summed E-state index contributed by atoms with van der Waals surface area (Å²) in [5, 5.41) is 0. The molecule has 0 aliphatic carbocycles. The lowest BCUT2D eigenvalue weighted by atomic mass is 10.3. The smallest absolute Gasteiger partial charge is 0.201 e. The molecule has 2 heterocycles. The minimum absolute atomic E-state index is 0.256. The van der Waals surface area contributed by atoms with Crippen LogP contribution in [0.1, 0.15) is 4.88 Å². The van der Waals surface area contributed by atoms with Gasteiger partial charge in [0.1, 0.15) is 5.82 Å². The zero-order chi connectivity index (χ0) is 12.7. The van der Waals surface area contributed by atoms with Crippen molar-refractivity contribution in [3.8, 4) is 0 Å². The van der Waals surface area contributed by atoms with E-state index in [0.29, 0.717) is 27.1 Å². The molecule has 0 radical (unpaired) electrons. The van der Waals surface area contributed by atoms with E-state index >= 15 is 0 Å². The number of rotatable bonds is 2. The highest BCUT2D eigenvalue weighted by molar-refractivity contribution is 14.1.